The van der Waals surface area contributed by atoms with Gasteiger partial charge in [-0.05, 0) is 81.9 Å². The van der Waals surface area contributed by atoms with Gasteiger partial charge in [0.25, 0.3) is 6.43 Å². The van der Waals surface area contributed by atoms with Crippen LogP contribution in [0, 0.1) is 0 Å². The molecule has 224 valence electrons. The first kappa shape index (κ1) is 32.1. The molecule has 0 radical (unpaired) electrons. The maximum Gasteiger partial charge on any atom is 0.267 e. The number of aromatic nitrogens is 1. The fraction of sp³-hybridized carbons (Fsp3) is 0.516. The van der Waals surface area contributed by atoms with E-state index in [0.29, 0.717) is 56.9 Å². The first-order chi connectivity index (χ1) is 19.9. The van der Waals surface area contributed by atoms with Gasteiger partial charge in [0.15, 0.2) is 0 Å². The van der Waals surface area contributed by atoms with Crippen LogP contribution in [-0.2, 0) is 0 Å². The maximum absolute atomic E-state index is 13.7. The van der Waals surface area contributed by atoms with Crippen molar-refractivity contribution in [3.05, 3.63) is 71.5 Å². The molecule has 0 spiro atoms. The van der Waals surface area contributed by atoms with Gasteiger partial charge in [-0.3, -0.25) is 4.39 Å². The second-order valence-corrected chi connectivity index (χ2v) is 10.3. The molecule has 0 aliphatic carbocycles. The fourth-order valence-electron chi connectivity index (χ4n) is 5.27. The van der Waals surface area contributed by atoms with Crippen LogP contribution in [-0.4, -0.2) is 72.4 Å². The number of aliphatic imine (C=N–C) groups is 2. The molecule has 4 heterocycles. The second-order valence-electron chi connectivity index (χ2n) is 10.3. The summed E-state index contributed by atoms with van der Waals surface area (Å²) in [6.07, 6.45) is 12.1. The number of anilines is 1. The highest BCUT2D eigenvalue weighted by Crippen LogP contribution is 2.30. The summed E-state index contributed by atoms with van der Waals surface area (Å²) in [6, 6.07) is 3.16. The normalized spacial score (nSPS) is 21.1. The zero-order valence-electron chi connectivity index (χ0n) is 24.5. The van der Waals surface area contributed by atoms with Crippen molar-refractivity contribution in [3.8, 4) is 0 Å². The van der Waals surface area contributed by atoms with E-state index in [2.05, 4.69) is 27.8 Å². The summed E-state index contributed by atoms with van der Waals surface area (Å²) < 4.78 is 50.1. The molecule has 0 aromatic carbocycles. The van der Waals surface area contributed by atoms with E-state index in [0.717, 1.165) is 49.5 Å². The van der Waals surface area contributed by atoms with E-state index >= 15 is 0 Å². The minimum Gasteiger partial charge on any atom is -0.354 e. The Bertz CT molecular complexity index is 1180. The van der Waals surface area contributed by atoms with Crippen molar-refractivity contribution < 1.29 is 17.6 Å². The van der Waals surface area contributed by atoms with Crippen LogP contribution >= 0.6 is 0 Å². The van der Waals surface area contributed by atoms with Crippen molar-refractivity contribution >= 4 is 17.5 Å². The molecule has 1 atom stereocenters. The third-order valence-electron chi connectivity index (χ3n) is 7.41. The topological polar surface area (TPSA) is 47.3 Å². The van der Waals surface area contributed by atoms with Crippen molar-refractivity contribution in [2.24, 2.45) is 9.98 Å². The van der Waals surface area contributed by atoms with Gasteiger partial charge in [-0.15, -0.1) is 0 Å². The Morgan fingerprint density at radius 1 is 1.02 bits per heavy atom. The van der Waals surface area contributed by atoms with Gasteiger partial charge in [0.05, 0.1) is 24.8 Å². The first-order valence-electron chi connectivity index (χ1n) is 14.3. The van der Waals surface area contributed by atoms with Crippen molar-refractivity contribution in [1.29, 1.82) is 0 Å². The summed E-state index contributed by atoms with van der Waals surface area (Å²) in [7, 11) is 0.500. The number of pyridine rings is 1. The van der Waals surface area contributed by atoms with Crippen LogP contribution in [0.4, 0.5) is 23.4 Å². The van der Waals surface area contributed by atoms with Gasteiger partial charge in [-0.1, -0.05) is 12.2 Å². The number of hydrogen-bond donors (Lipinski definition) is 0. The Balaban J connectivity index is 0.00000226. The number of rotatable bonds is 6. The Morgan fingerprint density at radius 3 is 2.46 bits per heavy atom. The lowest BCUT2D eigenvalue weighted by molar-refractivity contribution is 0.151. The maximum atomic E-state index is 13.7. The van der Waals surface area contributed by atoms with Gasteiger partial charge in [0.1, 0.15) is 11.6 Å². The molecule has 1 unspecified atom stereocenters. The van der Waals surface area contributed by atoms with E-state index in [1.54, 1.807) is 19.2 Å². The molecule has 4 rings (SSSR count). The number of guanidine groups is 1. The number of hydrogen-bond acceptors (Lipinski definition) is 6. The van der Waals surface area contributed by atoms with Gasteiger partial charge >= 0.3 is 0 Å². The van der Waals surface area contributed by atoms with Crippen molar-refractivity contribution in [2.45, 2.75) is 65.3 Å². The molecule has 2 saturated heterocycles. The quantitative estimate of drug-likeness (QED) is 0.262. The van der Waals surface area contributed by atoms with E-state index in [1.165, 1.54) is 12.5 Å². The molecule has 1 aromatic rings. The van der Waals surface area contributed by atoms with Crippen LogP contribution < -0.4 is 4.90 Å². The zero-order valence-corrected chi connectivity index (χ0v) is 24.5. The minimum atomic E-state index is -2.57. The van der Waals surface area contributed by atoms with E-state index in [1.807, 2.05) is 30.1 Å². The highest BCUT2D eigenvalue weighted by molar-refractivity contribution is 6.10. The summed E-state index contributed by atoms with van der Waals surface area (Å²) in [5.41, 5.74) is 2.19. The summed E-state index contributed by atoms with van der Waals surface area (Å²) in [5, 5.41) is 0. The molecule has 10 heteroatoms. The number of likely N-dealkylation sites (tertiary alicyclic amines) is 1. The Morgan fingerprint density at radius 2 is 1.78 bits per heavy atom. The summed E-state index contributed by atoms with van der Waals surface area (Å²) in [4.78, 5) is 20.9. The molecule has 3 aliphatic rings. The summed E-state index contributed by atoms with van der Waals surface area (Å²) in [5.74, 6) is 1.89. The highest BCUT2D eigenvalue weighted by Gasteiger charge is 2.28. The van der Waals surface area contributed by atoms with Crippen molar-refractivity contribution in [3.63, 3.8) is 0 Å². The number of alkyl halides is 3. The molecule has 2 fully saturated rings. The Labute approximate surface area is 241 Å². The number of piperidine rings is 1. The second kappa shape index (κ2) is 16.1. The average Bonchev–Trinajstić information content (AvgIpc) is 3.34. The van der Waals surface area contributed by atoms with Gasteiger partial charge < -0.3 is 14.7 Å². The zero-order chi connectivity index (χ0) is 29.8. The van der Waals surface area contributed by atoms with Gasteiger partial charge in [-0.25, -0.2) is 23.1 Å². The van der Waals surface area contributed by atoms with Crippen LogP contribution in [0.5, 0.6) is 0 Å². The van der Waals surface area contributed by atoms with Crippen LogP contribution in [0.15, 0.2) is 75.9 Å². The first-order valence-corrected chi connectivity index (χ1v) is 14.3. The standard InChI is InChI=1S/C30H39F3N6.CH3F/c1-4-9-24(20-22(2)21-31)26-11-12-27(36-30(35-26)38-15-6-5-7-16-38)39-19-18-37(17-13-23(39)3)29-25(28(32)33)10-8-14-34-29;1-2/h4,8-10,12,14,20-21,23,28H,5-7,11,13,15-19H2,1-3H3;1H3/b9-4-,22-21+,24-20+;. The molecule has 6 nitrogen and oxygen atoms in total. The predicted molar refractivity (Wildman–Crippen MR) is 160 cm³/mol. The molecule has 0 bridgehead atoms. The van der Waals surface area contributed by atoms with Crippen LogP contribution in [0.25, 0.3) is 0 Å². The van der Waals surface area contributed by atoms with Crippen LogP contribution in [0.3, 0.4) is 0 Å². The fourth-order valence-corrected chi connectivity index (χ4v) is 5.27. The molecular formula is C31H42F4N6. The predicted octanol–water partition coefficient (Wildman–Crippen LogP) is 7.41. The Hall–Kier alpha value is -3.43. The lowest BCUT2D eigenvalue weighted by Crippen LogP contribution is -2.37. The van der Waals surface area contributed by atoms with E-state index in [9.17, 15) is 17.6 Å². The monoisotopic (exact) mass is 574 g/mol. The number of nitrogens with zero attached hydrogens (tertiary/aromatic N) is 6. The summed E-state index contributed by atoms with van der Waals surface area (Å²) >= 11 is 0. The van der Waals surface area contributed by atoms with Crippen LogP contribution in [0.2, 0.25) is 0 Å². The van der Waals surface area contributed by atoms with Crippen LogP contribution in [0.1, 0.15) is 64.9 Å². The average molecular weight is 575 g/mol. The molecule has 1 aromatic heterocycles. The Kier molecular flexibility index (Phi) is 12.6. The lowest BCUT2D eigenvalue weighted by atomic mass is 10.0. The minimum absolute atomic E-state index is 0.0309. The smallest absolute Gasteiger partial charge is 0.267 e. The summed E-state index contributed by atoms with van der Waals surface area (Å²) in [6.45, 7) is 9.43. The molecule has 0 amide bonds. The number of allylic oxidation sites excluding steroid dienone is 6. The molecular weight excluding hydrogens is 532 g/mol. The van der Waals surface area contributed by atoms with Crippen molar-refractivity contribution in [1.82, 2.24) is 14.8 Å². The van der Waals surface area contributed by atoms with Crippen molar-refractivity contribution in [2.75, 3.05) is 44.8 Å². The molecule has 3 aliphatic heterocycles. The molecule has 41 heavy (non-hydrogen) atoms. The highest BCUT2D eigenvalue weighted by atomic mass is 19.3. The third-order valence-corrected chi connectivity index (χ3v) is 7.41. The van der Waals surface area contributed by atoms with Gasteiger partial charge in [-0.2, -0.15) is 4.99 Å². The largest absolute Gasteiger partial charge is 0.354 e. The van der Waals surface area contributed by atoms with E-state index in [4.69, 9.17) is 9.98 Å². The van der Waals surface area contributed by atoms with E-state index < -0.39 is 6.43 Å². The third kappa shape index (κ3) is 8.53. The van der Waals surface area contributed by atoms with Gasteiger partial charge in [0.2, 0.25) is 5.96 Å². The SMILES string of the molecule is CF.C\C=C/C(=C\C(C)=C\F)C1=NC(N2CCCCC2)=NC(N2CCN(c3ncccc3C(F)F)CCC2C)=CC1. The lowest BCUT2D eigenvalue weighted by Gasteiger charge is -2.31. The van der Waals surface area contributed by atoms with Gasteiger partial charge in [0, 0.05) is 51.4 Å². The molecule has 0 N–H and O–H groups in total. The van der Waals surface area contributed by atoms with E-state index in [-0.39, 0.29) is 11.6 Å². The number of halogens is 4. The molecule has 0 saturated carbocycles.